The highest BCUT2D eigenvalue weighted by Crippen LogP contribution is 2.45. The van der Waals surface area contributed by atoms with E-state index in [1.54, 1.807) is 12.1 Å². The topological polar surface area (TPSA) is 51.1 Å². The van der Waals surface area contributed by atoms with Crippen molar-refractivity contribution < 1.29 is 9.50 Å². The van der Waals surface area contributed by atoms with Crippen LogP contribution in [0.15, 0.2) is 27.7 Å². The summed E-state index contributed by atoms with van der Waals surface area (Å²) in [4.78, 5) is 9.40. The van der Waals surface area contributed by atoms with Gasteiger partial charge in [-0.25, -0.2) is 4.39 Å². The Kier molecular flexibility index (Phi) is 8.76. The molecular weight excluding hydrogens is 526 g/mol. The maximum Gasteiger partial charge on any atom is 0.194 e. The molecule has 1 aromatic carbocycles. The van der Waals surface area contributed by atoms with Crippen molar-refractivity contribution in [1.29, 1.82) is 0 Å². The quantitative estimate of drug-likeness (QED) is 0.322. The average molecular weight is 555 g/mol. The fraction of sp³-hybridized carbons (Fsp3) is 0.632. The molecule has 8 heteroatoms. The fourth-order valence-corrected chi connectivity index (χ4v) is 3.47. The zero-order chi connectivity index (χ0) is 18.6. The summed E-state index contributed by atoms with van der Waals surface area (Å²) >= 11 is 3.20. The van der Waals surface area contributed by atoms with Crippen LogP contribution in [-0.2, 0) is 6.54 Å². The minimum atomic E-state index is -0.208. The predicted octanol–water partition coefficient (Wildman–Crippen LogP) is 3.06. The van der Waals surface area contributed by atoms with Gasteiger partial charge in [-0.05, 0) is 53.4 Å². The van der Waals surface area contributed by atoms with Gasteiger partial charge in [0.25, 0.3) is 0 Å². The lowest BCUT2D eigenvalue weighted by atomic mass is 10.1. The van der Waals surface area contributed by atoms with E-state index in [0.29, 0.717) is 11.0 Å². The zero-order valence-corrected chi connectivity index (χ0v) is 19.7. The molecule has 1 aliphatic heterocycles. The number of hydrogen-bond donors (Lipinski definition) is 2. The first-order chi connectivity index (χ1) is 12.5. The molecular formula is C19H29BrFIN4O. The van der Waals surface area contributed by atoms with Crippen molar-refractivity contribution in [3.05, 3.63) is 34.1 Å². The summed E-state index contributed by atoms with van der Waals surface area (Å²) in [5, 5.41) is 12.9. The molecule has 0 aromatic heterocycles. The lowest BCUT2D eigenvalue weighted by molar-refractivity contribution is 0.171. The van der Waals surface area contributed by atoms with E-state index in [0.717, 1.165) is 63.6 Å². The summed E-state index contributed by atoms with van der Waals surface area (Å²) in [6.07, 6.45) is 2.15. The number of benzene rings is 1. The first kappa shape index (κ1) is 22.8. The van der Waals surface area contributed by atoms with E-state index in [1.807, 2.05) is 6.07 Å². The van der Waals surface area contributed by atoms with Gasteiger partial charge in [-0.2, -0.15) is 0 Å². The monoisotopic (exact) mass is 554 g/mol. The van der Waals surface area contributed by atoms with Gasteiger partial charge in [0, 0.05) is 44.7 Å². The van der Waals surface area contributed by atoms with E-state index in [-0.39, 0.29) is 41.8 Å². The first-order valence-electron chi connectivity index (χ1n) is 9.36. The molecule has 0 spiro atoms. The maximum atomic E-state index is 13.7. The number of aliphatic hydroxyl groups excluding tert-OH is 1. The second-order valence-corrected chi connectivity index (χ2v) is 8.19. The van der Waals surface area contributed by atoms with E-state index in [4.69, 9.17) is 4.99 Å². The fourth-order valence-electron chi connectivity index (χ4n) is 3.23. The maximum absolute atomic E-state index is 13.7. The minimum absolute atomic E-state index is 0. The molecule has 5 nitrogen and oxygen atoms in total. The van der Waals surface area contributed by atoms with Crippen molar-refractivity contribution in [2.75, 3.05) is 45.9 Å². The number of aliphatic imine (C=N–C) groups is 1. The third-order valence-electron chi connectivity index (χ3n) is 5.25. The average Bonchev–Trinajstić information content (AvgIpc) is 3.43. The van der Waals surface area contributed by atoms with Gasteiger partial charge in [0.1, 0.15) is 5.82 Å². The SMILES string of the molecule is CCNC(=NCC1(CO)CC1)N1CCN(Cc2ccc(Br)c(F)c2)CC1.I. The number of aliphatic hydroxyl groups is 1. The molecule has 2 fully saturated rings. The van der Waals surface area contributed by atoms with Gasteiger partial charge in [0.05, 0.1) is 17.6 Å². The molecule has 0 bridgehead atoms. The Balaban J connectivity index is 0.00000261. The lowest BCUT2D eigenvalue weighted by Gasteiger charge is -2.36. The largest absolute Gasteiger partial charge is 0.396 e. The summed E-state index contributed by atoms with van der Waals surface area (Å²) < 4.78 is 14.2. The normalized spacial score (nSPS) is 19.6. The van der Waals surface area contributed by atoms with Crippen LogP contribution in [0.2, 0.25) is 0 Å². The van der Waals surface area contributed by atoms with Gasteiger partial charge >= 0.3 is 0 Å². The number of nitrogens with one attached hydrogen (secondary N) is 1. The number of piperazine rings is 1. The zero-order valence-electron chi connectivity index (χ0n) is 15.8. The van der Waals surface area contributed by atoms with E-state index >= 15 is 0 Å². The Morgan fingerprint density at radius 3 is 2.56 bits per heavy atom. The molecule has 1 heterocycles. The smallest absolute Gasteiger partial charge is 0.194 e. The van der Waals surface area contributed by atoms with Crippen molar-refractivity contribution in [1.82, 2.24) is 15.1 Å². The Hall–Kier alpha value is -0.450. The van der Waals surface area contributed by atoms with Gasteiger partial charge in [-0.15, -0.1) is 24.0 Å². The summed E-state index contributed by atoms with van der Waals surface area (Å²) in [5.74, 6) is 0.738. The second-order valence-electron chi connectivity index (χ2n) is 7.34. The Bertz CT molecular complexity index is 649. The molecule has 3 rings (SSSR count). The van der Waals surface area contributed by atoms with Crippen LogP contribution in [0.25, 0.3) is 0 Å². The summed E-state index contributed by atoms with van der Waals surface area (Å²) in [7, 11) is 0. The number of nitrogens with zero attached hydrogens (tertiary/aromatic N) is 3. The Morgan fingerprint density at radius 2 is 2.00 bits per heavy atom. The molecule has 152 valence electrons. The third kappa shape index (κ3) is 6.27. The first-order valence-corrected chi connectivity index (χ1v) is 10.1. The van der Waals surface area contributed by atoms with Gasteiger partial charge in [-0.1, -0.05) is 6.07 Å². The van der Waals surface area contributed by atoms with E-state index in [9.17, 15) is 9.50 Å². The highest BCUT2D eigenvalue weighted by molar-refractivity contribution is 14.0. The standard InChI is InChI=1S/C19H28BrFN4O.HI/c1-2-22-18(23-13-19(14-26)5-6-19)25-9-7-24(8-10-25)12-15-3-4-16(20)17(21)11-15;/h3-4,11,26H,2,5-10,12-14H2,1H3,(H,22,23);1H. The van der Waals surface area contributed by atoms with E-state index in [2.05, 4.69) is 38.0 Å². The van der Waals surface area contributed by atoms with Gasteiger partial charge in [-0.3, -0.25) is 9.89 Å². The van der Waals surface area contributed by atoms with Crippen LogP contribution in [0.1, 0.15) is 25.3 Å². The van der Waals surface area contributed by atoms with Crippen LogP contribution in [0, 0.1) is 11.2 Å². The Labute approximate surface area is 186 Å². The number of halogens is 3. The van der Waals surface area contributed by atoms with Crippen molar-refractivity contribution in [3.8, 4) is 0 Å². The van der Waals surface area contributed by atoms with Crippen molar-refractivity contribution in [2.24, 2.45) is 10.4 Å². The molecule has 2 aliphatic rings. The molecule has 0 unspecified atom stereocenters. The molecule has 1 saturated carbocycles. The third-order valence-corrected chi connectivity index (χ3v) is 5.90. The highest BCUT2D eigenvalue weighted by atomic mass is 127. The van der Waals surface area contributed by atoms with Gasteiger partial charge in [0.2, 0.25) is 0 Å². The highest BCUT2D eigenvalue weighted by Gasteiger charge is 2.42. The number of guanidine groups is 1. The van der Waals surface area contributed by atoms with E-state index in [1.165, 1.54) is 0 Å². The number of rotatable bonds is 6. The predicted molar refractivity (Wildman–Crippen MR) is 121 cm³/mol. The summed E-state index contributed by atoms with van der Waals surface area (Å²) in [5.41, 5.74) is 1.03. The molecule has 27 heavy (non-hydrogen) atoms. The van der Waals surface area contributed by atoms with Crippen LogP contribution >= 0.6 is 39.9 Å². The molecule has 1 aromatic rings. The van der Waals surface area contributed by atoms with Crippen LogP contribution < -0.4 is 5.32 Å². The molecule has 0 atom stereocenters. The molecule has 2 N–H and O–H groups in total. The molecule has 1 aliphatic carbocycles. The van der Waals surface area contributed by atoms with Crippen LogP contribution in [-0.4, -0.2) is 66.7 Å². The summed E-state index contributed by atoms with van der Waals surface area (Å²) in [6, 6.07) is 5.34. The summed E-state index contributed by atoms with van der Waals surface area (Å²) in [6.45, 7) is 8.25. The van der Waals surface area contributed by atoms with Gasteiger partial charge < -0.3 is 15.3 Å². The van der Waals surface area contributed by atoms with Crippen molar-refractivity contribution >= 4 is 45.9 Å². The molecule has 0 amide bonds. The number of hydrogen-bond acceptors (Lipinski definition) is 3. The van der Waals surface area contributed by atoms with Crippen LogP contribution in [0.3, 0.4) is 0 Å². The Morgan fingerprint density at radius 1 is 1.30 bits per heavy atom. The van der Waals surface area contributed by atoms with Gasteiger partial charge in [0.15, 0.2) is 5.96 Å². The minimum Gasteiger partial charge on any atom is -0.396 e. The van der Waals surface area contributed by atoms with E-state index < -0.39 is 0 Å². The lowest BCUT2D eigenvalue weighted by Crippen LogP contribution is -2.52. The molecule has 0 radical (unpaired) electrons. The second kappa shape index (κ2) is 10.4. The van der Waals surface area contributed by atoms with Crippen LogP contribution in [0.5, 0.6) is 0 Å². The van der Waals surface area contributed by atoms with Crippen molar-refractivity contribution in [2.45, 2.75) is 26.3 Å². The molecule has 1 saturated heterocycles. The van der Waals surface area contributed by atoms with Crippen molar-refractivity contribution in [3.63, 3.8) is 0 Å². The van der Waals surface area contributed by atoms with Crippen LogP contribution in [0.4, 0.5) is 4.39 Å².